The summed E-state index contributed by atoms with van der Waals surface area (Å²) in [4.78, 5) is 13.6. The van der Waals surface area contributed by atoms with Crippen molar-refractivity contribution in [2.45, 2.75) is 25.3 Å². The number of nitrogens with one attached hydrogen (secondary N) is 2. The number of hydrogen-bond donors (Lipinski definition) is 2. The molecule has 1 atom stereocenters. The Labute approximate surface area is 97.8 Å². The fraction of sp³-hybridized carbons (Fsp3) is 0.750. The van der Waals surface area contributed by atoms with Crippen molar-refractivity contribution in [3.05, 3.63) is 0 Å². The van der Waals surface area contributed by atoms with Gasteiger partial charge < -0.3 is 10.6 Å². The molecule has 1 aliphatic heterocycles. The lowest BCUT2D eigenvalue weighted by Crippen LogP contribution is -2.41. The predicted molar refractivity (Wildman–Crippen MR) is 65.0 cm³/mol. The highest BCUT2D eigenvalue weighted by molar-refractivity contribution is 5.78. The molecular formula is C12H21N3O. The van der Waals surface area contributed by atoms with Gasteiger partial charge in [-0.1, -0.05) is 5.92 Å². The van der Waals surface area contributed by atoms with E-state index in [4.69, 9.17) is 6.42 Å². The third kappa shape index (κ3) is 4.65. The van der Waals surface area contributed by atoms with E-state index in [1.807, 2.05) is 7.05 Å². The minimum Gasteiger partial charge on any atom is -0.344 e. The van der Waals surface area contributed by atoms with Crippen LogP contribution in [0, 0.1) is 12.3 Å². The van der Waals surface area contributed by atoms with E-state index in [1.165, 1.54) is 6.42 Å². The van der Waals surface area contributed by atoms with Gasteiger partial charge in [-0.25, -0.2) is 0 Å². The van der Waals surface area contributed by atoms with Crippen LogP contribution in [0.1, 0.15) is 19.3 Å². The topological polar surface area (TPSA) is 44.4 Å². The minimum atomic E-state index is 0.0117. The highest BCUT2D eigenvalue weighted by Gasteiger charge is 2.18. The molecule has 1 aliphatic rings. The molecule has 1 unspecified atom stereocenters. The number of amides is 1. The van der Waals surface area contributed by atoms with E-state index in [0.717, 1.165) is 25.9 Å². The van der Waals surface area contributed by atoms with Crippen molar-refractivity contribution in [3.63, 3.8) is 0 Å². The van der Waals surface area contributed by atoms with Crippen molar-refractivity contribution >= 4 is 5.91 Å². The third-order valence-corrected chi connectivity index (χ3v) is 2.95. The molecule has 4 heteroatoms. The van der Waals surface area contributed by atoms with Gasteiger partial charge in [-0.05, 0) is 39.4 Å². The molecular weight excluding hydrogens is 202 g/mol. The summed E-state index contributed by atoms with van der Waals surface area (Å²) in [6.07, 6.45) is 8.53. The summed E-state index contributed by atoms with van der Waals surface area (Å²) in [5.41, 5.74) is 0. The van der Waals surface area contributed by atoms with Gasteiger partial charge in [-0.15, -0.1) is 6.42 Å². The summed E-state index contributed by atoms with van der Waals surface area (Å²) in [6, 6.07) is 0.506. The van der Waals surface area contributed by atoms with Crippen LogP contribution in [0.5, 0.6) is 0 Å². The van der Waals surface area contributed by atoms with Gasteiger partial charge in [-0.2, -0.15) is 0 Å². The molecule has 1 rings (SSSR count). The van der Waals surface area contributed by atoms with Crippen LogP contribution < -0.4 is 10.6 Å². The lowest BCUT2D eigenvalue weighted by Gasteiger charge is -2.25. The van der Waals surface area contributed by atoms with E-state index in [9.17, 15) is 4.79 Å². The maximum atomic E-state index is 11.5. The van der Waals surface area contributed by atoms with Gasteiger partial charge in [0.05, 0.1) is 13.1 Å². The van der Waals surface area contributed by atoms with Crippen LogP contribution in [-0.4, -0.2) is 50.1 Å². The first kappa shape index (κ1) is 13.0. The molecule has 90 valence electrons. The Morgan fingerprint density at radius 2 is 2.38 bits per heavy atom. The zero-order valence-electron chi connectivity index (χ0n) is 9.96. The lowest BCUT2D eigenvalue weighted by atomic mass is 10.1. The molecule has 0 aromatic rings. The Hall–Kier alpha value is -1.05. The number of likely N-dealkylation sites (N-methyl/N-ethyl adjacent to an activating group) is 1. The molecule has 16 heavy (non-hydrogen) atoms. The van der Waals surface area contributed by atoms with Crippen LogP contribution in [0.4, 0.5) is 0 Å². The molecule has 0 spiro atoms. The smallest absolute Gasteiger partial charge is 0.234 e. The van der Waals surface area contributed by atoms with E-state index >= 15 is 0 Å². The first-order valence-electron chi connectivity index (χ1n) is 5.85. The Morgan fingerprint density at radius 3 is 3.12 bits per heavy atom. The molecule has 1 saturated heterocycles. The largest absolute Gasteiger partial charge is 0.344 e. The number of nitrogens with zero attached hydrogens (tertiary/aromatic N) is 1. The number of rotatable bonds is 4. The Kier molecular flexibility index (Phi) is 5.91. The van der Waals surface area contributed by atoms with Gasteiger partial charge in [0.1, 0.15) is 0 Å². The van der Waals surface area contributed by atoms with Crippen LogP contribution in [-0.2, 0) is 4.79 Å². The lowest BCUT2D eigenvalue weighted by molar-refractivity contribution is -0.122. The summed E-state index contributed by atoms with van der Waals surface area (Å²) >= 11 is 0. The van der Waals surface area contributed by atoms with Gasteiger partial charge in [0, 0.05) is 6.04 Å². The molecule has 1 heterocycles. The van der Waals surface area contributed by atoms with E-state index in [1.54, 1.807) is 0 Å². The maximum absolute atomic E-state index is 11.5. The molecule has 2 N–H and O–H groups in total. The minimum absolute atomic E-state index is 0.0117. The van der Waals surface area contributed by atoms with E-state index in [-0.39, 0.29) is 5.91 Å². The first-order valence-corrected chi connectivity index (χ1v) is 5.85. The summed E-state index contributed by atoms with van der Waals surface area (Å²) in [7, 11) is 2.01. The van der Waals surface area contributed by atoms with Crippen LogP contribution in [0.2, 0.25) is 0 Å². The molecule has 0 bridgehead atoms. The average Bonchev–Trinajstić information content (AvgIpc) is 2.54. The molecule has 1 fully saturated rings. The summed E-state index contributed by atoms with van der Waals surface area (Å²) < 4.78 is 0. The van der Waals surface area contributed by atoms with Crippen LogP contribution >= 0.6 is 0 Å². The standard InChI is InChI=1S/C12H21N3O/c1-3-7-14-12(16)10-15(2)11-5-4-8-13-9-6-11/h1,11,13H,4-10H2,2H3,(H,14,16). The van der Waals surface area contributed by atoms with Gasteiger partial charge in [0.25, 0.3) is 0 Å². The maximum Gasteiger partial charge on any atom is 0.234 e. The van der Waals surface area contributed by atoms with Crippen LogP contribution in [0.3, 0.4) is 0 Å². The first-order chi connectivity index (χ1) is 7.74. The molecule has 0 aromatic carbocycles. The summed E-state index contributed by atoms with van der Waals surface area (Å²) in [6.45, 7) is 2.89. The Bertz CT molecular complexity index is 251. The number of carbonyl (C=O) groups is 1. The third-order valence-electron chi connectivity index (χ3n) is 2.95. The molecule has 0 aliphatic carbocycles. The van der Waals surface area contributed by atoms with Crippen molar-refractivity contribution in [3.8, 4) is 12.3 Å². The van der Waals surface area contributed by atoms with Gasteiger partial charge in [0.2, 0.25) is 5.91 Å². The second-order valence-electron chi connectivity index (χ2n) is 4.23. The second kappa shape index (κ2) is 7.26. The fourth-order valence-electron chi connectivity index (χ4n) is 2.00. The van der Waals surface area contributed by atoms with Crippen molar-refractivity contribution in [2.75, 3.05) is 33.2 Å². The Morgan fingerprint density at radius 1 is 1.56 bits per heavy atom. The van der Waals surface area contributed by atoms with Crippen molar-refractivity contribution in [1.29, 1.82) is 0 Å². The van der Waals surface area contributed by atoms with Gasteiger partial charge >= 0.3 is 0 Å². The number of hydrogen-bond acceptors (Lipinski definition) is 3. The van der Waals surface area contributed by atoms with Crippen LogP contribution in [0.25, 0.3) is 0 Å². The molecule has 0 saturated carbocycles. The fourth-order valence-corrected chi connectivity index (χ4v) is 2.00. The molecule has 0 aromatic heterocycles. The molecule has 1 amide bonds. The molecule has 4 nitrogen and oxygen atoms in total. The van der Waals surface area contributed by atoms with Crippen molar-refractivity contribution in [1.82, 2.24) is 15.5 Å². The normalized spacial score (nSPS) is 21.2. The average molecular weight is 223 g/mol. The molecule has 0 radical (unpaired) electrons. The van der Waals surface area contributed by atoms with E-state index in [2.05, 4.69) is 21.5 Å². The van der Waals surface area contributed by atoms with E-state index in [0.29, 0.717) is 19.1 Å². The zero-order valence-corrected chi connectivity index (χ0v) is 9.96. The summed E-state index contributed by atoms with van der Waals surface area (Å²) in [5.74, 6) is 2.41. The van der Waals surface area contributed by atoms with Crippen molar-refractivity contribution < 1.29 is 4.79 Å². The van der Waals surface area contributed by atoms with Gasteiger partial charge in [0.15, 0.2) is 0 Å². The Balaban J connectivity index is 2.29. The SMILES string of the molecule is C#CCNC(=O)CN(C)C1CCCNCC1. The second-order valence-corrected chi connectivity index (χ2v) is 4.23. The monoisotopic (exact) mass is 223 g/mol. The van der Waals surface area contributed by atoms with E-state index < -0.39 is 0 Å². The number of terminal acetylenes is 1. The highest BCUT2D eigenvalue weighted by atomic mass is 16.2. The zero-order chi connectivity index (χ0) is 11.8. The quantitative estimate of drug-likeness (QED) is 0.649. The van der Waals surface area contributed by atoms with Crippen LogP contribution in [0.15, 0.2) is 0 Å². The summed E-state index contributed by atoms with van der Waals surface area (Å²) in [5, 5.41) is 6.05. The van der Waals surface area contributed by atoms with Gasteiger partial charge in [-0.3, -0.25) is 9.69 Å². The highest BCUT2D eigenvalue weighted by Crippen LogP contribution is 2.10. The number of carbonyl (C=O) groups excluding carboxylic acids is 1. The predicted octanol–water partition coefficient (Wildman–Crippen LogP) is -0.190. The van der Waals surface area contributed by atoms with Crippen molar-refractivity contribution in [2.24, 2.45) is 0 Å².